The number of hydrogen-bond acceptors (Lipinski definition) is 3. The first-order valence-electron chi connectivity index (χ1n) is 4.69. The molecule has 0 aliphatic heterocycles. The Kier molecular flexibility index (Phi) is 8.17. The maximum Gasteiger partial charge on any atom is 0.333 e. The summed E-state index contributed by atoms with van der Waals surface area (Å²) in [7, 11) is -0.449. The topological polar surface area (TPSA) is 35.5 Å². The molecule has 80 valence electrons. The minimum Gasteiger partial charge on any atom is -0.462 e. The van der Waals surface area contributed by atoms with Gasteiger partial charge in [0.05, 0.1) is 13.2 Å². The molecule has 3 nitrogen and oxygen atoms in total. The van der Waals surface area contributed by atoms with Crippen LogP contribution in [-0.4, -0.2) is 28.9 Å². The highest BCUT2D eigenvalue weighted by Crippen LogP contribution is 1.96. The van der Waals surface area contributed by atoms with Crippen molar-refractivity contribution in [3.8, 4) is 0 Å². The number of carbonyl (C=O) groups is 1. The van der Waals surface area contributed by atoms with Gasteiger partial charge in [-0.15, -0.1) is 6.58 Å². The van der Waals surface area contributed by atoms with Crippen LogP contribution in [0.15, 0.2) is 24.8 Å². The Balaban J connectivity index is 3.17. The molecule has 0 radical (unpaired) electrons. The number of esters is 1. The highest BCUT2D eigenvalue weighted by atomic mass is 28.2. The van der Waals surface area contributed by atoms with Crippen LogP contribution in [-0.2, 0) is 14.0 Å². The van der Waals surface area contributed by atoms with Crippen LogP contribution in [0.25, 0.3) is 0 Å². The van der Waals surface area contributed by atoms with Gasteiger partial charge >= 0.3 is 5.97 Å². The Morgan fingerprint density at radius 3 is 2.86 bits per heavy atom. The summed E-state index contributed by atoms with van der Waals surface area (Å²) in [5.74, 6) is -0.307. The van der Waals surface area contributed by atoms with Crippen molar-refractivity contribution in [3.63, 3.8) is 0 Å². The first kappa shape index (κ1) is 13.1. The van der Waals surface area contributed by atoms with E-state index in [1.165, 1.54) is 0 Å². The van der Waals surface area contributed by atoms with Gasteiger partial charge in [-0.3, -0.25) is 0 Å². The van der Waals surface area contributed by atoms with Gasteiger partial charge < -0.3 is 9.16 Å². The Labute approximate surface area is 87.7 Å². The molecule has 0 rings (SSSR count). The fourth-order valence-electron chi connectivity index (χ4n) is 0.761. The summed E-state index contributed by atoms with van der Waals surface area (Å²) in [6, 6.07) is 1.03. The summed E-state index contributed by atoms with van der Waals surface area (Å²) in [5, 5.41) is 0. The second kappa shape index (κ2) is 8.71. The molecule has 0 aromatic rings. The Hall–Kier alpha value is -0.873. The molecule has 0 aliphatic rings. The Bertz CT molecular complexity index is 202. The van der Waals surface area contributed by atoms with Crippen molar-refractivity contribution < 1.29 is 14.0 Å². The van der Waals surface area contributed by atoms with E-state index in [1.54, 1.807) is 13.0 Å². The molecule has 0 amide bonds. The van der Waals surface area contributed by atoms with Crippen LogP contribution in [0.5, 0.6) is 0 Å². The van der Waals surface area contributed by atoms with Crippen LogP contribution in [0.4, 0.5) is 0 Å². The lowest BCUT2D eigenvalue weighted by atomic mass is 10.4. The third kappa shape index (κ3) is 7.76. The van der Waals surface area contributed by atoms with E-state index in [0.717, 1.165) is 12.5 Å². The van der Waals surface area contributed by atoms with Crippen LogP contribution in [0.3, 0.4) is 0 Å². The Morgan fingerprint density at radius 2 is 2.29 bits per heavy atom. The summed E-state index contributed by atoms with van der Waals surface area (Å²) in [6.45, 7) is 9.80. The first-order chi connectivity index (χ1) is 6.68. The minimum atomic E-state index is -0.449. The Morgan fingerprint density at radius 1 is 1.57 bits per heavy atom. The molecule has 0 heterocycles. The van der Waals surface area contributed by atoms with Gasteiger partial charge in [-0.25, -0.2) is 4.79 Å². The predicted molar refractivity (Wildman–Crippen MR) is 59.9 cm³/mol. The first-order valence-corrected chi connectivity index (χ1v) is 6.27. The molecule has 0 saturated heterocycles. The maximum atomic E-state index is 10.9. The predicted octanol–water partition coefficient (Wildman–Crippen LogP) is 1.20. The van der Waals surface area contributed by atoms with Crippen molar-refractivity contribution in [2.75, 3.05) is 13.2 Å². The molecule has 0 fully saturated rings. The molecule has 0 saturated carbocycles. The van der Waals surface area contributed by atoms with Crippen molar-refractivity contribution in [1.29, 1.82) is 0 Å². The molecule has 0 atom stereocenters. The monoisotopic (exact) mass is 214 g/mol. The quantitative estimate of drug-likeness (QED) is 0.200. The number of hydrogen-bond donors (Lipinski definition) is 0. The average molecular weight is 214 g/mol. The van der Waals surface area contributed by atoms with E-state index in [0.29, 0.717) is 18.8 Å². The molecular weight excluding hydrogens is 196 g/mol. The van der Waals surface area contributed by atoms with Gasteiger partial charge in [-0.05, 0) is 19.4 Å². The van der Waals surface area contributed by atoms with Gasteiger partial charge in [0.2, 0.25) is 0 Å². The zero-order valence-corrected chi connectivity index (χ0v) is 10.2. The van der Waals surface area contributed by atoms with Crippen LogP contribution in [0.2, 0.25) is 6.04 Å². The lowest BCUT2D eigenvalue weighted by molar-refractivity contribution is -0.138. The van der Waals surface area contributed by atoms with Crippen molar-refractivity contribution in [1.82, 2.24) is 0 Å². The molecule has 0 aromatic carbocycles. The van der Waals surface area contributed by atoms with E-state index in [4.69, 9.17) is 9.16 Å². The van der Waals surface area contributed by atoms with Gasteiger partial charge in [-0.2, -0.15) is 0 Å². The third-order valence-corrected chi connectivity index (χ3v) is 2.81. The molecule has 0 unspecified atom stereocenters. The van der Waals surface area contributed by atoms with Gasteiger partial charge in [0, 0.05) is 5.57 Å². The van der Waals surface area contributed by atoms with Gasteiger partial charge in [0.25, 0.3) is 0 Å². The van der Waals surface area contributed by atoms with Crippen LogP contribution >= 0.6 is 0 Å². The van der Waals surface area contributed by atoms with E-state index in [1.807, 2.05) is 0 Å². The largest absolute Gasteiger partial charge is 0.462 e. The highest BCUT2D eigenvalue weighted by molar-refractivity contribution is 6.27. The average Bonchev–Trinajstić information content (AvgIpc) is 2.16. The smallest absolute Gasteiger partial charge is 0.333 e. The summed E-state index contributed by atoms with van der Waals surface area (Å²) in [6.07, 6.45) is 2.62. The lowest BCUT2D eigenvalue weighted by Crippen LogP contribution is -2.07. The van der Waals surface area contributed by atoms with E-state index in [2.05, 4.69) is 13.2 Å². The molecule has 0 spiro atoms. The number of carbonyl (C=O) groups excluding carboxylic acids is 1. The second-order valence-corrected chi connectivity index (χ2v) is 4.51. The highest BCUT2D eigenvalue weighted by Gasteiger charge is 2.01. The molecule has 4 heteroatoms. The molecule has 0 bridgehead atoms. The molecular formula is C10H18O3Si. The van der Waals surface area contributed by atoms with Gasteiger partial charge in [-0.1, -0.05) is 12.7 Å². The molecule has 0 aliphatic carbocycles. The van der Waals surface area contributed by atoms with Crippen molar-refractivity contribution in [3.05, 3.63) is 24.8 Å². The van der Waals surface area contributed by atoms with Crippen molar-refractivity contribution in [2.45, 2.75) is 19.4 Å². The van der Waals surface area contributed by atoms with E-state index >= 15 is 0 Å². The zero-order chi connectivity index (χ0) is 10.8. The van der Waals surface area contributed by atoms with Gasteiger partial charge in [0.15, 0.2) is 9.76 Å². The SMILES string of the molecule is C=CCO[SiH2]CCCOC(=O)C(=C)C. The molecule has 14 heavy (non-hydrogen) atoms. The minimum absolute atomic E-state index is 0.307. The summed E-state index contributed by atoms with van der Waals surface area (Å²) < 4.78 is 10.2. The van der Waals surface area contributed by atoms with E-state index in [-0.39, 0.29) is 5.97 Å². The normalized spacial score (nSPS) is 10.4. The second-order valence-electron chi connectivity index (χ2n) is 2.99. The van der Waals surface area contributed by atoms with Gasteiger partial charge in [0.1, 0.15) is 0 Å². The van der Waals surface area contributed by atoms with E-state index in [9.17, 15) is 4.79 Å². The fourth-order valence-corrected chi connectivity index (χ4v) is 1.71. The van der Waals surface area contributed by atoms with Crippen LogP contribution in [0, 0.1) is 0 Å². The number of ether oxygens (including phenoxy) is 1. The molecule has 0 aromatic heterocycles. The summed E-state index contributed by atoms with van der Waals surface area (Å²) in [4.78, 5) is 10.9. The lowest BCUT2D eigenvalue weighted by Gasteiger charge is -2.03. The summed E-state index contributed by atoms with van der Waals surface area (Å²) in [5.41, 5.74) is 0.449. The fraction of sp³-hybridized carbons (Fsp3) is 0.500. The van der Waals surface area contributed by atoms with Crippen molar-refractivity contribution >= 4 is 15.7 Å². The standard InChI is InChI=1S/C10H18O3Si/c1-4-6-13-14-8-5-7-12-10(11)9(2)3/h4H,1-2,5-8,14H2,3H3. The number of rotatable bonds is 8. The third-order valence-electron chi connectivity index (χ3n) is 1.50. The zero-order valence-electron chi connectivity index (χ0n) is 8.75. The maximum absolute atomic E-state index is 10.9. The van der Waals surface area contributed by atoms with E-state index < -0.39 is 9.76 Å². The summed E-state index contributed by atoms with van der Waals surface area (Å²) >= 11 is 0. The van der Waals surface area contributed by atoms with Crippen LogP contribution in [0.1, 0.15) is 13.3 Å². The van der Waals surface area contributed by atoms with Crippen LogP contribution < -0.4 is 0 Å². The van der Waals surface area contributed by atoms with Crippen molar-refractivity contribution in [2.24, 2.45) is 0 Å². The molecule has 0 N–H and O–H groups in total.